The smallest absolute Gasteiger partial charge is 0.264 e. The zero-order valence-corrected chi connectivity index (χ0v) is 24.3. The largest absolute Gasteiger partial charge is 0.497 e. The molecule has 0 radical (unpaired) electrons. The van der Waals surface area contributed by atoms with E-state index in [0.29, 0.717) is 22.0 Å². The molecule has 0 saturated heterocycles. The topological polar surface area (TPSA) is 96.0 Å². The first-order chi connectivity index (χ1) is 18.4. The molecule has 1 N–H and O–H groups in total. The van der Waals surface area contributed by atoms with Gasteiger partial charge in [-0.15, -0.1) is 0 Å². The van der Waals surface area contributed by atoms with E-state index in [9.17, 15) is 18.0 Å². The number of ether oxygens (including phenoxy) is 1. The third-order valence-electron chi connectivity index (χ3n) is 6.17. The molecular weight excluding hydrogens is 538 g/mol. The molecule has 0 aliphatic carbocycles. The van der Waals surface area contributed by atoms with E-state index in [2.05, 4.69) is 5.32 Å². The Balaban J connectivity index is 2.03. The van der Waals surface area contributed by atoms with Crippen LogP contribution in [-0.4, -0.2) is 50.9 Å². The molecule has 0 spiro atoms. The number of methoxy groups -OCH3 is 1. The summed E-state index contributed by atoms with van der Waals surface area (Å²) in [6, 6.07) is 18.9. The molecule has 0 unspecified atom stereocenters. The number of carbonyl (C=O) groups is 2. The number of halogens is 1. The second-order valence-electron chi connectivity index (χ2n) is 9.46. The quantitative estimate of drug-likeness (QED) is 0.357. The summed E-state index contributed by atoms with van der Waals surface area (Å²) in [5, 5.41) is 3.23. The molecule has 0 bridgehead atoms. The van der Waals surface area contributed by atoms with Gasteiger partial charge >= 0.3 is 0 Å². The van der Waals surface area contributed by atoms with Crippen LogP contribution in [0.4, 0.5) is 5.69 Å². The van der Waals surface area contributed by atoms with Crippen LogP contribution in [0.1, 0.15) is 31.9 Å². The molecule has 0 fully saturated rings. The first-order valence-electron chi connectivity index (χ1n) is 12.5. The number of nitrogens with zero attached hydrogens (tertiary/aromatic N) is 2. The Morgan fingerprint density at radius 1 is 0.949 bits per heavy atom. The van der Waals surface area contributed by atoms with Gasteiger partial charge in [0, 0.05) is 17.6 Å². The van der Waals surface area contributed by atoms with Crippen molar-refractivity contribution in [2.75, 3.05) is 18.0 Å². The average Bonchev–Trinajstić information content (AvgIpc) is 2.90. The van der Waals surface area contributed by atoms with Gasteiger partial charge in [-0.05, 0) is 81.3 Å². The highest BCUT2D eigenvalue weighted by molar-refractivity contribution is 7.92. The van der Waals surface area contributed by atoms with E-state index in [1.807, 2.05) is 13.8 Å². The zero-order chi connectivity index (χ0) is 28.7. The number of benzene rings is 3. The number of anilines is 1. The van der Waals surface area contributed by atoms with Crippen LogP contribution >= 0.6 is 11.6 Å². The van der Waals surface area contributed by atoms with Gasteiger partial charge in [0.05, 0.1) is 17.7 Å². The summed E-state index contributed by atoms with van der Waals surface area (Å²) >= 11 is 5.99. The van der Waals surface area contributed by atoms with Gasteiger partial charge in [0.25, 0.3) is 10.0 Å². The maximum absolute atomic E-state index is 13.9. The SMILES string of the molecule is COc1ccc(CN(C(=O)CN(c2ccccc2C)S(=O)(=O)c2ccc(Cl)cc2)[C@@H](C)C(=O)NC(C)C)cc1. The predicted octanol–water partition coefficient (Wildman–Crippen LogP) is 4.79. The van der Waals surface area contributed by atoms with Gasteiger partial charge in [-0.2, -0.15) is 0 Å². The van der Waals surface area contributed by atoms with E-state index in [1.54, 1.807) is 69.5 Å². The first-order valence-corrected chi connectivity index (χ1v) is 14.3. The van der Waals surface area contributed by atoms with Crippen LogP contribution in [-0.2, 0) is 26.2 Å². The Morgan fingerprint density at radius 3 is 2.13 bits per heavy atom. The molecular formula is C29H34ClN3O5S. The van der Waals surface area contributed by atoms with Crippen molar-refractivity contribution >= 4 is 39.1 Å². The third kappa shape index (κ3) is 7.52. The molecule has 208 valence electrons. The van der Waals surface area contributed by atoms with Gasteiger partial charge in [0.15, 0.2) is 0 Å². The molecule has 10 heteroatoms. The lowest BCUT2D eigenvalue weighted by atomic mass is 10.1. The minimum atomic E-state index is -4.16. The van der Waals surface area contributed by atoms with Crippen LogP contribution in [0.2, 0.25) is 5.02 Å². The number of para-hydroxylation sites is 1. The Bertz CT molecular complexity index is 1390. The van der Waals surface area contributed by atoms with Crippen molar-refractivity contribution in [3.8, 4) is 5.75 Å². The monoisotopic (exact) mass is 571 g/mol. The van der Waals surface area contributed by atoms with Crippen LogP contribution in [0.25, 0.3) is 0 Å². The van der Waals surface area contributed by atoms with Gasteiger partial charge < -0.3 is 15.0 Å². The molecule has 3 aromatic rings. The Morgan fingerprint density at radius 2 is 1.56 bits per heavy atom. The highest BCUT2D eigenvalue weighted by atomic mass is 35.5. The zero-order valence-electron chi connectivity index (χ0n) is 22.7. The number of carbonyl (C=O) groups excluding carboxylic acids is 2. The number of sulfonamides is 1. The normalized spacial score (nSPS) is 12.1. The highest BCUT2D eigenvalue weighted by Gasteiger charge is 2.33. The van der Waals surface area contributed by atoms with Crippen LogP contribution in [0, 0.1) is 6.92 Å². The van der Waals surface area contributed by atoms with Crippen molar-refractivity contribution in [3.05, 3.63) is 88.9 Å². The van der Waals surface area contributed by atoms with Crippen LogP contribution in [0.3, 0.4) is 0 Å². The molecule has 2 amide bonds. The van der Waals surface area contributed by atoms with Gasteiger partial charge in [-0.1, -0.05) is 41.9 Å². The number of hydrogen-bond donors (Lipinski definition) is 1. The number of rotatable bonds is 11. The molecule has 39 heavy (non-hydrogen) atoms. The van der Waals surface area contributed by atoms with E-state index in [0.717, 1.165) is 9.87 Å². The number of hydrogen-bond acceptors (Lipinski definition) is 5. The summed E-state index contributed by atoms with van der Waals surface area (Å²) in [6.45, 7) is 6.66. The predicted molar refractivity (Wildman–Crippen MR) is 153 cm³/mol. The van der Waals surface area contributed by atoms with E-state index in [4.69, 9.17) is 16.3 Å². The van der Waals surface area contributed by atoms with Crippen molar-refractivity contribution in [1.82, 2.24) is 10.2 Å². The lowest BCUT2D eigenvalue weighted by molar-refractivity contribution is -0.139. The molecule has 0 aliphatic heterocycles. The average molecular weight is 572 g/mol. The van der Waals surface area contributed by atoms with E-state index >= 15 is 0 Å². The lowest BCUT2D eigenvalue weighted by Crippen LogP contribution is -2.52. The summed E-state index contributed by atoms with van der Waals surface area (Å²) in [5.74, 6) is -0.213. The molecule has 3 aromatic carbocycles. The standard InChI is InChI=1S/C29H34ClN3O5S/c1-20(2)31-29(35)22(4)32(18-23-10-14-25(38-5)15-11-23)28(34)19-33(27-9-7-6-8-21(27)3)39(36,37)26-16-12-24(30)13-17-26/h6-17,20,22H,18-19H2,1-5H3,(H,31,35)/t22-/m0/s1. The summed E-state index contributed by atoms with van der Waals surface area (Å²) in [5.41, 5.74) is 1.80. The van der Waals surface area contributed by atoms with E-state index in [1.165, 1.54) is 29.2 Å². The minimum absolute atomic E-state index is 0.00439. The third-order valence-corrected chi connectivity index (χ3v) is 8.20. The molecule has 8 nitrogen and oxygen atoms in total. The summed E-state index contributed by atoms with van der Waals surface area (Å²) in [6.07, 6.45) is 0. The van der Waals surface area contributed by atoms with Gasteiger partial charge in [-0.3, -0.25) is 13.9 Å². The van der Waals surface area contributed by atoms with Crippen molar-refractivity contribution in [3.63, 3.8) is 0 Å². The summed E-state index contributed by atoms with van der Waals surface area (Å²) < 4.78 is 34.0. The van der Waals surface area contributed by atoms with Crippen molar-refractivity contribution in [2.24, 2.45) is 0 Å². The molecule has 0 heterocycles. The summed E-state index contributed by atoms with van der Waals surface area (Å²) in [7, 11) is -2.60. The number of amides is 2. The fraction of sp³-hybridized carbons (Fsp3) is 0.310. The number of nitrogens with one attached hydrogen (secondary N) is 1. The van der Waals surface area contributed by atoms with Gasteiger partial charge in [0.1, 0.15) is 18.3 Å². The second-order valence-corrected chi connectivity index (χ2v) is 11.8. The van der Waals surface area contributed by atoms with Crippen LogP contribution in [0.5, 0.6) is 5.75 Å². The maximum atomic E-state index is 13.9. The van der Waals surface area contributed by atoms with E-state index < -0.39 is 28.5 Å². The Hall–Kier alpha value is -3.56. The summed E-state index contributed by atoms with van der Waals surface area (Å²) in [4.78, 5) is 28.3. The van der Waals surface area contributed by atoms with Crippen LogP contribution in [0.15, 0.2) is 77.7 Å². The van der Waals surface area contributed by atoms with Gasteiger partial charge in [-0.25, -0.2) is 8.42 Å². The fourth-order valence-corrected chi connectivity index (χ4v) is 5.61. The fourth-order valence-electron chi connectivity index (χ4n) is 4.01. The Kier molecular flexibility index (Phi) is 9.99. The highest BCUT2D eigenvalue weighted by Crippen LogP contribution is 2.28. The van der Waals surface area contributed by atoms with Crippen molar-refractivity contribution in [1.29, 1.82) is 0 Å². The Labute approximate surface area is 235 Å². The number of aryl methyl sites for hydroxylation is 1. The minimum Gasteiger partial charge on any atom is -0.497 e. The molecule has 0 aliphatic rings. The van der Waals surface area contributed by atoms with Crippen LogP contribution < -0.4 is 14.4 Å². The first kappa shape index (κ1) is 30.0. The van der Waals surface area contributed by atoms with Crippen molar-refractivity contribution in [2.45, 2.75) is 51.2 Å². The molecule has 3 rings (SSSR count). The van der Waals surface area contributed by atoms with Crippen molar-refractivity contribution < 1.29 is 22.7 Å². The van der Waals surface area contributed by atoms with Gasteiger partial charge in [0.2, 0.25) is 11.8 Å². The molecule has 0 aromatic heterocycles. The lowest BCUT2D eigenvalue weighted by Gasteiger charge is -2.32. The van der Waals surface area contributed by atoms with E-state index in [-0.39, 0.29) is 23.4 Å². The molecule has 0 saturated carbocycles. The second kappa shape index (κ2) is 13.0. The molecule has 1 atom stereocenters. The maximum Gasteiger partial charge on any atom is 0.264 e.